The van der Waals surface area contributed by atoms with E-state index in [1.807, 2.05) is 32.0 Å². The van der Waals surface area contributed by atoms with Crippen molar-refractivity contribution in [2.75, 3.05) is 31.6 Å². The zero-order chi connectivity index (χ0) is 17.0. The number of ether oxygens (including phenoxy) is 1. The highest BCUT2D eigenvalue weighted by Crippen LogP contribution is 2.23. The van der Waals surface area contributed by atoms with Crippen molar-refractivity contribution in [3.8, 4) is 5.75 Å². The quantitative estimate of drug-likeness (QED) is 0.887. The molecule has 6 nitrogen and oxygen atoms in total. The maximum atomic E-state index is 12.4. The van der Waals surface area contributed by atoms with Crippen LogP contribution >= 0.6 is 0 Å². The summed E-state index contributed by atoms with van der Waals surface area (Å²) in [4.78, 5) is 27.6. The number of anilines is 1. The zero-order valence-electron chi connectivity index (χ0n) is 13.9. The third kappa shape index (κ3) is 4.22. The van der Waals surface area contributed by atoms with Crippen LogP contribution in [0.3, 0.4) is 0 Å². The lowest BCUT2D eigenvalue weighted by Crippen LogP contribution is -2.54. The number of nitrogens with zero attached hydrogens (tertiary/aromatic N) is 2. The van der Waals surface area contributed by atoms with E-state index >= 15 is 0 Å². The predicted octanol–water partition coefficient (Wildman–Crippen LogP) is 1.28. The summed E-state index contributed by atoms with van der Waals surface area (Å²) in [6.45, 7) is 4.71. The number of rotatable bonds is 5. The summed E-state index contributed by atoms with van der Waals surface area (Å²) < 4.78 is 5.17. The van der Waals surface area contributed by atoms with E-state index < -0.39 is 6.10 Å². The van der Waals surface area contributed by atoms with Crippen molar-refractivity contribution in [2.24, 2.45) is 5.92 Å². The number of aliphatic hydroxyl groups excluding tert-OH is 1. The monoisotopic (exact) mass is 320 g/mol. The first-order valence-corrected chi connectivity index (χ1v) is 7.83. The topological polar surface area (TPSA) is 70.1 Å². The summed E-state index contributed by atoms with van der Waals surface area (Å²) in [5.74, 6) is 0.385. The van der Waals surface area contributed by atoms with E-state index in [9.17, 15) is 14.7 Å². The Morgan fingerprint density at radius 3 is 2.70 bits per heavy atom. The Balaban J connectivity index is 2.02. The van der Waals surface area contributed by atoms with E-state index in [4.69, 9.17) is 4.74 Å². The lowest BCUT2D eigenvalue weighted by Gasteiger charge is -2.35. The minimum atomic E-state index is -1.04. The summed E-state index contributed by atoms with van der Waals surface area (Å²) >= 11 is 0. The molecule has 0 aromatic heterocycles. The van der Waals surface area contributed by atoms with Crippen LogP contribution in [0.5, 0.6) is 5.75 Å². The van der Waals surface area contributed by atoms with E-state index in [0.29, 0.717) is 25.3 Å². The molecule has 23 heavy (non-hydrogen) atoms. The molecule has 6 heteroatoms. The molecule has 0 bridgehead atoms. The average Bonchev–Trinajstić information content (AvgIpc) is 2.53. The van der Waals surface area contributed by atoms with Crippen molar-refractivity contribution in [2.45, 2.75) is 26.4 Å². The van der Waals surface area contributed by atoms with Gasteiger partial charge in [-0.3, -0.25) is 9.59 Å². The Bertz CT molecular complexity index is 573. The Labute approximate surface area is 136 Å². The Hall–Kier alpha value is -2.08. The van der Waals surface area contributed by atoms with Crippen molar-refractivity contribution in [1.29, 1.82) is 0 Å². The Morgan fingerprint density at radius 2 is 2.09 bits per heavy atom. The van der Waals surface area contributed by atoms with Gasteiger partial charge in [-0.25, -0.2) is 0 Å². The van der Waals surface area contributed by atoms with Gasteiger partial charge in [0.1, 0.15) is 18.4 Å². The van der Waals surface area contributed by atoms with Crippen molar-refractivity contribution >= 4 is 17.5 Å². The molecule has 0 aliphatic carbocycles. The number of amides is 2. The van der Waals surface area contributed by atoms with Crippen molar-refractivity contribution < 1.29 is 19.4 Å². The number of aliphatic hydroxyl groups is 1. The number of piperazine rings is 1. The van der Waals surface area contributed by atoms with Crippen LogP contribution in [0.15, 0.2) is 24.3 Å². The molecule has 1 saturated heterocycles. The molecule has 1 N–H and O–H groups in total. The van der Waals surface area contributed by atoms with Crippen LogP contribution in [0.4, 0.5) is 5.69 Å². The average molecular weight is 320 g/mol. The molecule has 1 fully saturated rings. The second kappa shape index (κ2) is 7.46. The number of methoxy groups -OCH3 is 1. The van der Waals surface area contributed by atoms with Gasteiger partial charge in [0.05, 0.1) is 7.11 Å². The van der Waals surface area contributed by atoms with Crippen LogP contribution < -0.4 is 9.64 Å². The van der Waals surface area contributed by atoms with Gasteiger partial charge in [0.15, 0.2) is 0 Å². The minimum absolute atomic E-state index is 0.00873. The summed E-state index contributed by atoms with van der Waals surface area (Å²) in [7, 11) is 1.58. The maximum Gasteiger partial charge on any atom is 0.251 e. The van der Waals surface area contributed by atoms with Gasteiger partial charge in [0.25, 0.3) is 5.91 Å². The molecule has 1 heterocycles. The second-order valence-electron chi connectivity index (χ2n) is 6.15. The Kier molecular flexibility index (Phi) is 5.60. The highest BCUT2D eigenvalue weighted by atomic mass is 16.5. The van der Waals surface area contributed by atoms with Crippen LogP contribution in [0.2, 0.25) is 0 Å². The van der Waals surface area contributed by atoms with E-state index in [0.717, 1.165) is 5.69 Å². The van der Waals surface area contributed by atoms with Gasteiger partial charge in [0.2, 0.25) is 5.91 Å². The molecule has 0 saturated carbocycles. The largest absolute Gasteiger partial charge is 0.497 e. The third-order valence-corrected chi connectivity index (χ3v) is 3.88. The molecule has 0 unspecified atom stereocenters. The van der Waals surface area contributed by atoms with Crippen LogP contribution in [0, 0.1) is 5.92 Å². The van der Waals surface area contributed by atoms with E-state index in [2.05, 4.69) is 0 Å². The normalized spacial score (nSPS) is 16.7. The molecule has 2 rings (SSSR count). The number of carbonyl (C=O) groups is 2. The Morgan fingerprint density at radius 1 is 1.35 bits per heavy atom. The van der Waals surface area contributed by atoms with E-state index in [-0.39, 0.29) is 24.3 Å². The first kappa shape index (κ1) is 17.3. The number of benzene rings is 1. The van der Waals surface area contributed by atoms with Crippen LogP contribution in [-0.4, -0.2) is 54.7 Å². The van der Waals surface area contributed by atoms with E-state index in [1.165, 1.54) is 4.90 Å². The lowest BCUT2D eigenvalue weighted by molar-refractivity contribution is -0.144. The van der Waals surface area contributed by atoms with Crippen molar-refractivity contribution in [3.63, 3.8) is 0 Å². The van der Waals surface area contributed by atoms with Gasteiger partial charge >= 0.3 is 0 Å². The first-order chi connectivity index (χ1) is 10.9. The standard InChI is InChI=1S/C17H24N2O4/c1-12(2)9-15(20)17(22)18-7-8-19(16(21)11-18)13-5-4-6-14(10-13)23-3/h4-6,10,12,15,20H,7-9,11H2,1-3H3/t15-/m1/s1. The summed E-state index contributed by atoms with van der Waals surface area (Å²) in [6, 6.07) is 7.27. The van der Waals surface area contributed by atoms with Crippen molar-refractivity contribution in [1.82, 2.24) is 4.90 Å². The zero-order valence-corrected chi connectivity index (χ0v) is 13.9. The van der Waals surface area contributed by atoms with Crippen molar-refractivity contribution in [3.05, 3.63) is 24.3 Å². The SMILES string of the molecule is COc1cccc(N2CCN(C(=O)[C@H](O)CC(C)C)CC2=O)c1. The summed E-state index contributed by atoms with van der Waals surface area (Å²) in [5, 5.41) is 9.95. The van der Waals surface area contributed by atoms with Crippen LogP contribution in [0.1, 0.15) is 20.3 Å². The predicted molar refractivity (Wildman–Crippen MR) is 87.4 cm³/mol. The molecular formula is C17H24N2O4. The van der Waals surface area contributed by atoms with Gasteiger partial charge < -0.3 is 19.6 Å². The smallest absolute Gasteiger partial charge is 0.251 e. The van der Waals surface area contributed by atoms with Gasteiger partial charge in [-0.1, -0.05) is 19.9 Å². The molecule has 1 atom stereocenters. The molecule has 126 valence electrons. The van der Waals surface area contributed by atoms with Gasteiger partial charge in [-0.15, -0.1) is 0 Å². The molecule has 1 aliphatic rings. The van der Waals surface area contributed by atoms with Gasteiger partial charge in [-0.2, -0.15) is 0 Å². The second-order valence-corrected chi connectivity index (χ2v) is 6.15. The van der Waals surface area contributed by atoms with E-state index in [1.54, 1.807) is 18.1 Å². The third-order valence-electron chi connectivity index (χ3n) is 3.88. The van der Waals surface area contributed by atoms with Gasteiger partial charge in [0, 0.05) is 24.8 Å². The molecule has 0 spiro atoms. The molecule has 2 amide bonds. The maximum absolute atomic E-state index is 12.4. The van der Waals surface area contributed by atoms with Gasteiger partial charge in [-0.05, 0) is 24.5 Å². The molecular weight excluding hydrogens is 296 g/mol. The molecule has 0 radical (unpaired) electrons. The van der Waals surface area contributed by atoms with Crippen LogP contribution in [-0.2, 0) is 9.59 Å². The molecule has 1 aromatic carbocycles. The summed E-state index contributed by atoms with van der Waals surface area (Å²) in [5.41, 5.74) is 0.754. The van der Waals surface area contributed by atoms with Crippen LogP contribution in [0.25, 0.3) is 0 Å². The molecule has 1 aliphatic heterocycles. The molecule has 1 aromatic rings. The fourth-order valence-corrected chi connectivity index (χ4v) is 2.67. The fourth-order valence-electron chi connectivity index (χ4n) is 2.67. The lowest BCUT2D eigenvalue weighted by atomic mass is 10.0. The number of carbonyl (C=O) groups excluding carboxylic acids is 2. The highest BCUT2D eigenvalue weighted by molar-refractivity contribution is 5.98. The number of hydrogen-bond donors (Lipinski definition) is 1. The first-order valence-electron chi connectivity index (χ1n) is 7.83. The fraction of sp³-hybridized carbons (Fsp3) is 0.529. The summed E-state index contributed by atoms with van der Waals surface area (Å²) in [6.07, 6.45) is -0.630. The number of hydrogen-bond acceptors (Lipinski definition) is 4. The highest BCUT2D eigenvalue weighted by Gasteiger charge is 2.31. The minimum Gasteiger partial charge on any atom is -0.497 e.